The van der Waals surface area contributed by atoms with E-state index < -0.39 is 0 Å². The summed E-state index contributed by atoms with van der Waals surface area (Å²) in [4.78, 5) is 15.7. The molecule has 104 valence electrons. The minimum absolute atomic E-state index is 0.378. The van der Waals surface area contributed by atoms with Crippen LogP contribution in [0.25, 0.3) is 22.8 Å². The highest BCUT2D eigenvalue weighted by molar-refractivity contribution is 5.89. The van der Waals surface area contributed by atoms with Crippen molar-refractivity contribution < 1.29 is 14.1 Å². The van der Waals surface area contributed by atoms with Gasteiger partial charge >= 0.3 is 5.97 Å². The second-order valence-electron chi connectivity index (χ2n) is 4.36. The van der Waals surface area contributed by atoms with Gasteiger partial charge in [-0.2, -0.15) is 4.98 Å². The van der Waals surface area contributed by atoms with E-state index in [-0.39, 0.29) is 5.97 Å². The van der Waals surface area contributed by atoms with Crippen LogP contribution in [-0.4, -0.2) is 23.2 Å². The highest BCUT2D eigenvalue weighted by Crippen LogP contribution is 2.22. The molecule has 0 aliphatic heterocycles. The van der Waals surface area contributed by atoms with Crippen LogP contribution in [0.4, 0.5) is 0 Å². The van der Waals surface area contributed by atoms with E-state index in [1.54, 1.807) is 24.3 Å². The van der Waals surface area contributed by atoms with Crippen LogP contribution < -0.4 is 0 Å². The van der Waals surface area contributed by atoms with Gasteiger partial charge < -0.3 is 9.26 Å². The largest absolute Gasteiger partial charge is 0.465 e. The summed E-state index contributed by atoms with van der Waals surface area (Å²) in [6.07, 6.45) is 0. The Morgan fingerprint density at radius 1 is 1.00 bits per heavy atom. The van der Waals surface area contributed by atoms with Gasteiger partial charge in [0.25, 0.3) is 5.89 Å². The van der Waals surface area contributed by atoms with Crippen LogP contribution in [0.2, 0.25) is 0 Å². The molecule has 0 radical (unpaired) electrons. The van der Waals surface area contributed by atoms with Gasteiger partial charge in [0.05, 0.1) is 12.7 Å². The number of benzene rings is 2. The Labute approximate surface area is 121 Å². The Bertz CT molecular complexity index is 749. The maximum absolute atomic E-state index is 11.4. The first kappa shape index (κ1) is 13.1. The monoisotopic (exact) mass is 280 g/mol. The average molecular weight is 280 g/mol. The number of esters is 1. The molecule has 0 spiro atoms. The average Bonchev–Trinajstić information content (AvgIpc) is 3.05. The molecule has 0 atom stereocenters. The van der Waals surface area contributed by atoms with E-state index in [0.29, 0.717) is 17.3 Å². The van der Waals surface area contributed by atoms with Gasteiger partial charge in [-0.05, 0) is 24.3 Å². The van der Waals surface area contributed by atoms with E-state index in [4.69, 9.17) is 4.52 Å². The molecule has 3 aromatic rings. The topological polar surface area (TPSA) is 65.2 Å². The van der Waals surface area contributed by atoms with E-state index in [1.165, 1.54) is 7.11 Å². The first-order valence-corrected chi connectivity index (χ1v) is 6.36. The third-order valence-corrected chi connectivity index (χ3v) is 3.01. The van der Waals surface area contributed by atoms with E-state index in [9.17, 15) is 4.79 Å². The molecule has 0 saturated heterocycles. The van der Waals surface area contributed by atoms with Crippen molar-refractivity contribution in [3.63, 3.8) is 0 Å². The van der Waals surface area contributed by atoms with Crippen molar-refractivity contribution in [3.05, 3.63) is 60.2 Å². The fourth-order valence-corrected chi connectivity index (χ4v) is 1.91. The van der Waals surface area contributed by atoms with Crippen LogP contribution in [0.3, 0.4) is 0 Å². The fourth-order valence-electron chi connectivity index (χ4n) is 1.91. The molecule has 1 heterocycles. The second-order valence-corrected chi connectivity index (χ2v) is 4.36. The first-order chi connectivity index (χ1) is 10.3. The summed E-state index contributed by atoms with van der Waals surface area (Å²) in [5.74, 6) is 0.560. The van der Waals surface area contributed by atoms with Gasteiger partial charge in [-0.25, -0.2) is 4.79 Å². The Hall–Kier alpha value is -2.95. The Balaban J connectivity index is 1.88. The lowest BCUT2D eigenvalue weighted by atomic mass is 10.1. The predicted octanol–water partition coefficient (Wildman–Crippen LogP) is 3.19. The second kappa shape index (κ2) is 5.58. The SMILES string of the molecule is COC(=O)c1ccc(-c2nc(-c3ccccc3)no2)cc1. The van der Waals surface area contributed by atoms with Crippen LogP contribution in [-0.2, 0) is 4.74 Å². The van der Waals surface area contributed by atoms with Gasteiger partial charge in [-0.3, -0.25) is 0 Å². The summed E-state index contributed by atoms with van der Waals surface area (Å²) in [7, 11) is 1.35. The summed E-state index contributed by atoms with van der Waals surface area (Å²) in [5, 5.41) is 3.96. The molecule has 0 saturated carbocycles. The summed E-state index contributed by atoms with van der Waals surface area (Å²) >= 11 is 0. The van der Waals surface area contributed by atoms with E-state index >= 15 is 0 Å². The molecule has 0 N–H and O–H groups in total. The van der Waals surface area contributed by atoms with Crippen molar-refractivity contribution in [1.82, 2.24) is 10.1 Å². The summed E-state index contributed by atoms with van der Waals surface area (Å²) in [5.41, 5.74) is 2.11. The van der Waals surface area contributed by atoms with Gasteiger partial charge in [0.2, 0.25) is 5.82 Å². The number of hydrogen-bond acceptors (Lipinski definition) is 5. The van der Waals surface area contributed by atoms with E-state index in [1.807, 2.05) is 30.3 Å². The zero-order chi connectivity index (χ0) is 14.7. The summed E-state index contributed by atoms with van der Waals surface area (Å²) in [6.45, 7) is 0. The molecule has 2 aromatic carbocycles. The van der Waals surface area contributed by atoms with Gasteiger partial charge in [-0.15, -0.1) is 0 Å². The van der Waals surface area contributed by atoms with Gasteiger partial charge in [-0.1, -0.05) is 35.5 Å². The molecule has 3 rings (SSSR count). The van der Waals surface area contributed by atoms with Crippen LogP contribution >= 0.6 is 0 Å². The maximum atomic E-state index is 11.4. The molecule has 0 fully saturated rings. The van der Waals surface area contributed by atoms with Gasteiger partial charge in [0, 0.05) is 11.1 Å². The standard InChI is InChI=1S/C16H12N2O3/c1-20-16(19)13-9-7-12(8-10-13)15-17-14(18-21-15)11-5-3-2-4-6-11/h2-10H,1H3. The molecular formula is C16H12N2O3. The highest BCUT2D eigenvalue weighted by atomic mass is 16.5. The molecule has 0 aliphatic carbocycles. The van der Waals surface area contributed by atoms with Crippen LogP contribution in [0.1, 0.15) is 10.4 Å². The fraction of sp³-hybridized carbons (Fsp3) is 0.0625. The van der Waals surface area contributed by atoms with Gasteiger partial charge in [0.1, 0.15) is 0 Å². The normalized spacial score (nSPS) is 10.3. The molecule has 1 aromatic heterocycles. The molecule has 5 nitrogen and oxygen atoms in total. The van der Waals surface area contributed by atoms with E-state index in [2.05, 4.69) is 14.9 Å². The first-order valence-electron chi connectivity index (χ1n) is 6.36. The Kier molecular flexibility index (Phi) is 3.47. The van der Waals surface area contributed by atoms with Crippen molar-refractivity contribution >= 4 is 5.97 Å². The number of methoxy groups -OCH3 is 1. The van der Waals surface area contributed by atoms with Crippen molar-refractivity contribution in [2.45, 2.75) is 0 Å². The molecule has 0 bridgehead atoms. The number of ether oxygens (including phenoxy) is 1. The van der Waals surface area contributed by atoms with Crippen molar-refractivity contribution in [2.24, 2.45) is 0 Å². The lowest BCUT2D eigenvalue weighted by Gasteiger charge is -1.99. The zero-order valence-electron chi connectivity index (χ0n) is 11.3. The smallest absolute Gasteiger partial charge is 0.337 e. The predicted molar refractivity (Wildman–Crippen MR) is 76.5 cm³/mol. The molecule has 5 heteroatoms. The number of carbonyl (C=O) groups excluding carboxylic acids is 1. The number of carbonyl (C=O) groups is 1. The van der Waals surface area contributed by atoms with Crippen LogP contribution in [0.15, 0.2) is 59.1 Å². The minimum Gasteiger partial charge on any atom is -0.465 e. The Morgan fingerprint density at radius 2 is 1.71 bits per heavy atom. The quantitative estimate of drug-likeness (QED) is 0.689. The number of nitrogens with zero attached hydrogens (tertiary/aromatic N) is 2. The number of hydrogen-bond donors (Lipinski definition) is 0. The molecular weight excluding hydrogens is 268 g/mol. The van der Waals surface area contributed by atoms with Crippen LogP contribution in [0.5, 0.6) is 0 Å². The number of rotatable bonds is 3. The third kappa shape index (κ3) is 2.67. The highest BCUT2D eigenvalue weighted by Gasteiger charge is 2.11. The maximum Gasteiger partial charge on any atom is 0.337 e. The van der Waals surface area contributed by atoms with Crippen molar-refractivity contribution in [2.75, 3.05) is 7.11 Å². The third-order valence-electron chi connectivity index (χ3n) is 3.01. The minimum atomic E-state index is -0.378. The van der Waals surface area contributed by atoms with Crippen LogP contribution in [0, 0.1) is 0 Å². The lowest BCUT2D eigenvalue weighted by molar-refractivity contribution is 0.0601. The lowest BCUT2D eigenvalue weighted by Crippen LogP contribution is -2.00. The summed E-state index contributed by atoms with van der Waals surface area (Å²) < 4.78 is 9.91. The van der Waals surface area contributed by atoms with E-state index in [0.717, 1.165) is 11.1 Å². The number of aromatic nitrogens is 2. The molecule has 21 heavy (non-hydrogen) atoms. The van der Waals surface area contributed by atoms with Gasteiger partial charge in [0.15, 0.2) is 0 Å². The zero-order valence-corrected chi connectivity index (χ0v) is 11.3. The molecule has 0 aliphatic rings. The summed E-state index contributed by atoms with van der Waals surface area (Å²) in [6, 6.07) is 16.4. The molecule has 0 unspecified atom stereocenters. The van der Waals surface area contributed by atoms with Crippen molar-refractivity contribution in [3.8, 4) is 22.8 Å². The van der Waals surface area contributed by atoms with Crippen molar-refractivity contribution in [1.29, 1.82) is 0 Å². The Morgan fingerprint density at radius 3 is 2.38 bits per heavy atom. The molecule has 0 amide bonds.